The summed E-state index contributed by atoms with van der Waals surface area (Å²) in [6.07, 6.45) is -5.28. The molecule has 0 aliphatic rings. The first-order chi connectivity index (χ1) is 11.5. The van der Waals surface area contributed by atoms with Gasteiger partial charge < -0.3 is 14.8 Å². The topological polar surface area (TPSA) is 116 Å². The Kier molecular flexibility index (Phi) is 6.60. The van der Waals surface area contributed by atoms with E-state index in [-0.39, 0.29) is 24.7 Å². The van der Waals surface area contributed by atoms with Crippen molar-refractivity contribution in [3.63, 3.8) is 0 Å². The molecular weight excluding hydrogens is 349 g/mol. The number of nitrogens with zero attached hydrogens (tertiary/aromatic N) is 1. The number of nitro benzene ring substituents is 1. The second-order valence-electron chi connectivity index (χ2n) is 4.90. The zero-order chi connectivity index (χ0) is 19.2. The molecule has 136 valence electrons. The maximum absolute atomic E-state index is 12.9. The van der Waals surface area contributed by atoms with Crippen molar-refractivity contribution in [3.8, 4) is 0 Å². The lowest BCUT2D eigenvalue weighted by atomic mass is 10.1. The molecule has 8 nitrogen and oxygen atoms in total. The molecule has 0 bridgehead atoms. The second kappa shape index (κ2) is 8.22. The average molecular weight is 362 g/mol. The molecule has 0 radical (unpaired) electrons. The number of halogens is 3. The molecular formula is C14H13F3N2O6. The van der Waals surface area contributed by atoms with Gasteiger partial charge in [-0.05, 0) is 13.0 Å². The van der Waals surface area contributed by atoms with Crippen LogP contribution in [0.4, 0.5) is 24.5 Å². The number of benzene rings is 1. The predicted octanol–water partition coefficient (Wildman–Crippen LogP) is 2.46. The molecule has 0 atom stereocenters. The SMILES string of the molecule is CC(=O)CCC(=O)OCC(=O)Nc1ccc([N+](=O)[O-])cc1C(F)(F)F. The third-order valence-corrected chi connectivity index (χ3v) is 2.84. The van der Waals surface area contributed by atoms with Crippen LogP contribution < -0.4 is 5.32 Å². The van der Waals surface area contributed by atoms with Crippen molar-refractivity contribution in [3.05, 3.63) is 33.9 Å². The molecule has 11 heteroatoms. The standard InChI is InChI=1S/C14H13F3N2O6/c1-8(20)2-5-13(22)25-7-12(21)18-11-4-3-9(19(23)24)6-10(11)14(15,16)17/h3-4,6H,2,5,7H2,1H3,(H,18,21). The smallest absolute Gasteiger partial charge is 0.418 e. The van der Waals surface area contributed by atoms with Crippen LogP contribution >= 0.6 is 0 Å². The number of nitro groups is 1. The fraction of sp³-hybridized carbons (Fsp3) is 0.357. The number of carbonyl (C=O) groups excluding carboxylic acids is 3. The third kappa shape index (κ3) is 6.57. The minimum atomic E-state index is -4.94. The van der Waals surface area contributed by atoms with Crippen molar-refractivity contribution in [2.45, 2.75) is 25.9 Å². The van der Waals surface area contributed by atoms with Crippen LogP contribution in [0.3, 0.4) is 0 Å². The Labute approximate surface area is 139 Å². The van der Waals surface area contributed by atoms with Gasteiger partial charge in [0.25, 0.3) is 11.6 Å². The summed E-state index contributed by atoms with van der Waals surface area (Å²) in [4.78, 5) is 43.1. The van der Waals surface area contributed by atoms with E-state index in [0.29, 0.717) is 0 Å². The van der Waals surface area contributed by atoms with Crippen LogP contribution in [0.25, 0.3) is 0 Å². The molecule has 0 saturated carbocycles. The van der Waals surface area contributed by atoms with Gasteiger partial charge in [-0.2, -0.15) is 13.2 Å². The number of esters is 1. The molecule has 25 heavy (non-hydrogen) atoms. The molecule has 1 amide bonds. The summed E-state index contributed by atoms with van der Waals surface area (Å²) >= 11 is 0. The van der Waals surface area contributed by atoms with Gasteiger partial charge in [0.15, 0.2) is 6.61 Å². The highest BCUT2D eigenvalue weighted by molar-refractivity contribution is 5.94. The van der Waals surface area contributed by atoms with Crippen LogP contribution in [-0.4, -0.2) is 29.2 Å². The molecule has 1 aromatic rings. The maximum atomic E-state index is 12.9. The van der Waals surface area contributed by atoms with Gasteiger partial charge in [-0.3, -0.25) is 19.7 Å². The van der Waals surface area contributed by atoms with Gasteiger partial charge >= 0.3 is 12.1 Å². The van der Waals surface area contributed by atoms with Gasteiger partial charge in [-0.15, -0.1) is 0 Å². The number of amides is 1. The molecule has 0 heterocycles. The quantitative estimate of drug-likeness (QED) is 0.452. The van der Waals surface area contributed by atoms with E-state index in [1.165, 1.54) is 6.92 Å². The van der Waals surface area contributed by atoms with Crippen LogP contribution in [0.1, 0.15) is 25.3 Å². The highest BCUT2D eigenvalue weighted by atomic mass is 19.4. The van der Waals surface area contributed by atoms with Crippen LogP contribution in [0.2, 0.25) is 0 Å². The molecule has 0 spiro atoms. The lowest BCUT2D eigenvalue weighted by molar-refractivity contribution is -0.385. The number of anilines is 1. The monoisotopic (exact) mass is 362 g/mol. The number of nitrogens with one attached hydrogen (secondary N) is 1. The van der Waals surface area contributed by atoms with E-state index in [2.05, 4.69) is 4.74 Å². The molecule has 1 N–H and O–H groups in total. The van der Waals surface area contributed by atoms with Gasteiger partial charge in [0.1, 0.15) is 5.78 Å². The number of alkyl halides is 3. The lowest BCUT2D eigenvalue weighted by Gasteiger charge is -2.13. The summed E-state index contributed by atoms with van der Waals surface area (Å²) in [5, 5.41) is 12.4. The zero-order valence-electron chi connectivity index (χ0n) is 12.9. The van der Waals surface area contributed by atoms with Crippen molar-refractivity contribution in [2.24, 2.45) is 0 Å². The molecule has 0 aliphatic carbocycles. The fourth-order valence-electron chi connectivity index (χ4n) is 1.67. The Morgan fingerprint density at radius 1 is 1.24 bits per heavy atom. The number of ketones is 1. The average Bonchev–Trinajstić information content (AvgIpc) is 2.50. The van der Waals surface area contributed by atoms with Gasteiger partial charge in [0.05, 0.1) is 22.6 Å². The summed E-state index contributed by atoms with van der Waals surface area (Å²) < 4.78 is 43.3. The molecule has 0 unspecified atom stereocenters. The predicted molar refractivity (Wildman–Crippen MR) is 77.6 cm³/mol. The summed E-state index contributed by atoms with van der Waals surface area (Å²) in [7, 11) is 0. The van der Waals surface area contributed by atoms with Gasteiger partial charge in [-0.1, -0.05) is 0 Å². The highest BCUT2D eigenvalue weighted by Crippen LogP contribution is 2.37. The normalized spacial score (nSPS) is 10.9. The number of hydrogen-bond donors (Lipinski definition) is 1. The lowest BCUT2D eigenvalue weighted by Crippen LogP contribution is -2.23. The first-order valence-corrected chi connectivity index (χ1v) is 6.81. The Morgan fingerprint density at radius 2 is 1.88 bits per heavy atom. The van der Waals surface area contributed by atoms with E-state index in [1.54, 1.807) is 0 Å². The third-order valence-electron chi connectivity index (χ3n) is 2.84. The maximum Gasteiger partial charge on any atom is 0.418 e. The Hall–Kier alpha value is -2.98. The fourth-order valence-corrected chi connectivity index (χ4v) is 1.67. The van der Waals surface area contributed by atoms with Crippen LogP contribution in [-0.2, 0) is 25.3 Å². The number of non-ortho nitro benzene ring substituents is 1. The molecule has 0 aromatic heterocycles. The van der Waals surface area contributed by atoms with Crippen molar-refractivity contribution >= 4 is 29.0 Å². The van der Waals surface area contributed by atoms with Crippen molar-refractivity contribution in [1.29, 1.82) is 0 Å². The first kappa shape index (κ1) is 20.1. The summed E-state index contributed by atoms with van der Waals surface area (Å²) in [6, 6.07) is 1.81. The molecule has 1 aromatic carbocycles. The Bertz CT molecular complexity index is 702. The van der Waals surface area contributed by atoms with Gasteiger partial charge in [-0.25, -0.2) is 0 Å². The number of carbonyl (C=O) groups is 3. The van der Waals surface area contributed by atoms with Gasteiger partial charge in [0, 0.05) is 18.6 Å². The van der Waals surface area contributed by atoms with Crippen molar-refractivity contribution < 1.29 is 37.2 Å². The van der Waals surface area contributed by atoms with Crippen molar-refractivity contribution in [2.75, 3.05) is 11.9 Å². The van der Waals surface area contributed by atoms with Crippen LogP contribution in [0, 0.1) is 10.1 Å². The molecule has 0 aliphatic heterocycles. The van der Waals surface area contributed by atoms with Crippen LogP contribution in [0.5, 0.6) is 0 Å². The molecule has 0 saturated heterocycles. The highest BCUT2D eigenvalue weighted by Gasteiger charge is 2.35. The molecule has 0 fully saturated rings. The summed E-state index contributed by atoms with van der Waals surface area (Å²) in [5.41, 5.74) is -2.90. The summed E-state index contributed by atoms with van der Waals surface area (Å²) in [5.74, 6) is -2.18. The van der Waals surface area contributed by atoms with E-state index in [4.69, 9.17) is 0 Å². The second-order valence-corrected chi connectivity index (χ2v) is 4.90. The van der Waals surface area contributed by atoms with E-state index < -0.39 is 46.5 Å². The minimum absolute atomic E-state index is 0.0823. The van der Waals surface area contributed by atoms with E-state index in [9.17, 15) is 37.7 Å². The Balaban J connectivity index is 2.78. The van der Waals surface area contributed by atoms with Crippen molar-refractivity contribution in [1.82, 2.24) is 0 Å². The van der Waals surface area contributed by atoms with E-state index in [1.807, 2.05) is 5.32 Å². The largest absolute Gasteiger partial charge is 0.456 e. The van der Waals surface area contributed by atoms with E-state index >= 15 is 0 Å². The number of hydrogen-bond acceptors (Lipinski definition) is 6. The number of rotatable bonds is 7. The van der Waals surface area contributed by atoms with E-state index in [0.717, 1.165) is 12.1 Å². The van der Waals surface area contributed by atoms with Crippen LogP contribution in [0.15, 0.2) is 18.2 Å². The first-order valence-electron chi connectivity index (χ1n) is 6.81. The zero-order valence-corrected chi connectivity index (χ0v) is 12.9. The summed E-state index contributed by atoms with van der Waals surface area (Å²) in [6.45, 7) is 0.401. The number of Topliss-reactive ketones (excluding diaryl/α,β-unsaturated/α-hetero) is 1. The number of ether oxygens (including phenoxy) is 1. The van der Waals surface area contributed by atoms with Gasteiger partial charge in [0.2, 0.25) is 0 Å². The molecule has 1 rings (SSSR count). The minimum Gasteiger partial charge on any atom is -0.456 e. The Morgan fingerprint density at radius 3 is 2.40 bits per heavy atom.